The van der Waals surface area contributed by atoms with Crippen LogP contribution in [0.25, 0.3) is 0 Å². The van der Waals surface area contributed by atoms with Crippen LogP contribution in [0.1, 0.15) is 51.2 Å². The second-order valence-electron chi connectivity index (χ2n) is 7.49. The van der Waals surface area contributed by atoms with Crippen molar-refractivity contribution in [3.63, 3.8) is 0 Å². The third kappa shape index (κ3) is 6.97. The third-order valence-electron chi connectivity index (χ3n) is 4.08. The molecule has 1 saturated heterocycles. The van der Waals surface area contributed by atoms with Gasteiger partial charge in [0.15, 0.2) is 0 Å². The summed E-state index contributed by atoms with van der Waals surface area (Å²) < 4.78 is 0. The molecular weight excluding hydrogens is 306 g/mol. The molecule has 1 aromatic carbocycles. The van der Waals surface area contributed by atoms with Crippen LogP contribution in [-0.4, -0.2) is 30.3 Å². The second kappa shape index (κ2) is 9.24. The van der Waals surface area contributed by atoms with Crippen molar-refractivity contribution in [3.8, 4) is 0 Å². The number of hydrogen-bond donors (Lipinski definition) is 0. The molecule has 1 aliphatic heterocycles. The number of piperidine rings is 1. The van der Waals surface area contributed by atoms with E-state index in [2.05, 4.69) is 49.9 Å². The molecule has 1 heterocycles. The van der Waals surface area contributed by atoms with E-state index in [9.17, 15) is 0 Å². The molecule has 0 amide bonds. The molecule has 0 bridgehead atoms. The van der Waals surface area contributed by atoms with Crippen molar-refractivity contribution in [1.29, 1.82) is 0 Å². The van der Waals surface area contributed by atoms with Crippen molar-refractivity contribution in [1.82, 2.24) is 4.90 Å². The van der Waals surface area contributed by atoms with E-state index >= 15 is 0 Å². The summed E-state index contributed by atoms with van der Waals surface area (Å²) in [5, 5.41) is 0. The molecule has 0 radical (unpaired) electrons. The molecule has 0 atom stereocenters. The lowest BCUT2D eigenvalue weighted by Gasteiger charge is -2.25. The quantitative estimate of drug-likeness (QED) is 0.468. The van der Waals surface area contributed by atoms with Crippen LogP contribution < -0.4 is 0 Å². The molecule has 1 aliphatic rings. The normalized spacial score (nSPS) is 16.9. The van der Waals surface area contributed by atoms with Crippen molar-refractivity contribution in [2.75, 3.05) is 25.4 Å². The molecule has 2 rings (SSSR count). The van der Waals surface area contributed by atoms with Crippen LogP contribution in [0.3, 0.4) is 0 Å². The highest BCUT2D eigenvalue weighted by atomic mass is 33.1. The zero-order valence-electron chi connectivity index (χ0n) is 14.4. The highest BCUT2D eigenvalue weighted by Crippen LogP contribution is 2.30. The average Bonchev–Trinajstić information content (AvgIpc) is 2.48. The molecule has 0 aromatic heterocycles. The summed E-state index contributed by atoms with van der Waals surface area (Å²) in [7, 11) is 4.07. The molecule has 0 N–H and O–H groups in total. The maximum Gasteiger partial charge on any atom is 0.0291 e. The van der Waals surface area contributed by atoms with Gasteiger partial charge in [-0.25, -0.2) is 0 Å². The van der Waals surface area contributed by atoms with E-state index in [4.69, 9.17) is 0 Å². The molecule has 1 fully saturated rings. The highest BCUT2D eigenvalue weighted by molar-refractivity contribution is 8.76. The summed E-state index contributed by atoms with van der Waals surface area (Å²) in [6, 6.07) is 8.97. The largest absolute Gasteiger partial charge is 0.302 e. The summed E-state index contributed by atoms with van der Waals surface area (Å²) in [6.07, 6.45) is 5.40. The van der Waals surface area contributed by atoms with Gasteiger partial charge in [-0.05, 0) is 48.9 Å². The minimum Gasteiger partial charge on any atom is -0.302 e. The zero-order valence-corrected chi connectivity index (χ0v) is 16.1. The summed E-state index contributed by atoms with van der Waals surface area (Å²) in [5.74, 6) is 2.39. The number of benzene rings is 1. The molecule has 1 nitrogen and oxygen atoms in total. The van der Waals surface area contributed by atoms with E-state index < -0.39 is 0 Å². The second-order valence-corrected chi connectivity index (χ2v) is 10.1. The number of hydrogen-bond acceptors (Lipinski definition) is 3. The fraction of sp³-hybridized carbons (Fsp3) is 0.684. The molecule has 22 heavy (non-hydrogen) atoms. The lowest BCUT2D eigenvalue weighted by Crippen LogP contribution is -2.31. The zero-order chi connectivity index (χ0) is 15.8. The first kappa shape index (κ1) is 18.2. The van der Waals surface area contributed by atoms with Gasteiger partial charge in [-0.2, -0.15) is 0 Å². The first-order valence-electron chi connectivity index (χ1n) is 8.58. The predicted octanol–water partition coefficient (Wildman–Crippen LogP) is 5.64. The fourth-order valence-corrected chi connectivity index (χ4v) is 5.11. The minimum absolute atomic E-state index is 0.363. The topological polar surface area (TPSA) is 3.24 Å². The minimum atomic E-state index is 0.363. The molecule has 0 aliphatic carbocycles. The molecular formula is C19H31NS2. The van der Waals surface area contributed by atoms with E-state index in [0.29, 0.717) is 5.41 Å². The SMILES string of the molecule is CC(C)(C)Cc1ccccc1CSSCCN1CCCCC1. The summed E-state index contributed by atoms with van der Waals surface area (Å²) in [5.41, 5.74) is 3.41. The van der Waals surface area contributed by atoms with Gasteiger partial charge in [0.05, 0.1) is 0 Å². The van der Waals surface area contributed by atoms with E-state index in [0.717, 1.165) is 5.75 Å². The standard InChI is InChI=1S/C19H31NS2/c1-19(2,3)15-17-9-5-6-10-18(17)16-22-21-14-13-20-11-7-4-8-12-20/h5-6,9-10H,4,7-8,11-16H2,1-3H3. The van der Waals surface area contributed by atoms with Crippen LogP contribution in [0.15, 0.2) is 24.3 Å². The van der Waals surface area contributed by atoms with Crippen LogP contribution >= 0.6 is 21.6 Å². The van der Waals surface area contributed by atoms with Gasteiger partial charge >= 0.3 is 0 Å². The predicted molar refractivity (Wildman–Crippen MR) is 104 cm³/mol. The van der Waals surface area contributed by atoms with Gasteiger partial charge in [0.1, 0.15) is 0 Å². The maximum absolute atomic E-state index is 2.63. The van der Waals surface area contributed by atoms with Crippen LogP contribution in [0.4, 0.5) is 0 Å². The van der Waals surface area contributed by atoms with Gasteiger partial charge in [0.25, 0.3) is 0 Å². The Kier molecular flexibility index (Phi) is 7.66. The molecule has 124 valence electrons. The van der Waals surface area contributed by atoms with Gasteiger partial charge in [0.2, 0.25) is 0 Å². The Morgan fingerprint density at radius 1 is 0.955 bits per heavy atom. The van der Waals surface area contributed by atoms with E-state index in [-0.39, 0.29) is 0 Å². The number of nitrogens with zero attached hydrogens (tertiary/aromatic N) is 1. The van der Waals surface area contributed by atoms with E-state index in [1.54, 1.807) is 0 Å². The maximum atomic E-state index is 2.63. The summed E-state index contributed by atoms with van der Waals surface area (Å²) >= 11 is 0. The Balaban J connectivity index is 1.70. The van der Waals surface area contributed by atoms with Crippen LogP contribution in [-0.2, 0) is 12.2 Å². The van der Waals surface area contributed by atoms with Gasteiger partial charge in [0, 0.05) is 18.1 Å². The lowest BCUT2D eigenvalue weighted by molar-refractivity contribution is 0.242. The van der Waals surface area contributed by atoms with Crippen LogP contribution in [0.2, 0.25) is 0 Å². The Labute approximate surface area is 145 Å². The van der Waals surface area contributed by atoms with Crippen molar-refractivity contribution in [2.24, 2.45) is 5.41 Å². The molecule has 3 heteroatoms. The summed E-state index contributed by atoms with van der Waals surface area (Å²) in [4.78, 5) is 2.63. The van der Waals surface area contributed by atoms with Crippen molar-refractivity contribution >= 4 is 21.6 Å². The molecule has 0 unspecified atom stereocenters. The van der Waals surface area contributed by atoms with Crippen LogP contribution in [0, 0.1) is 5.41 Å². The average molecular weight is 338 g/mol. The van der Waals surface area contributed by atoms with Crippen LogP contribution in [0.5, 0.6) is 0 Å². The van der Waals surface area contributed by atoms with E-state index in [1.807, 2.05) is 21.6 Å². The fourth-order valence-electron chi connectivity index (χ4n) is 2.96. The lowest BCUT2D eigenvalue weighted by atomic mass is 9.86. The molecule has 0 spiro atoms. The monoisotopic (exact) mass is 337 g/mol. The third-order valence-corrected chi connectivity index (χ3v) is 6.37. The first-order chi connectivity index (χ1) is 10.5. The first-order valence-corrected chi connectivity index (χ1v) is 11.1. The van der Waals surface area contributed by atoms with Gasteiger partial charge in [-0.15, -0.1) is 0 Å². The highest BCUT2D eigenvalue weighted by Gasteiger charge is 2.14. The Hall–Kier alpha value is -0.120. The van der Waals surface area contributed by atoms with Gasteiger partial charge in [-0.3, -0.25) is 0 Å². The van der Waals surface area contributed by atoms with Crippen molar-refractivity contribution in [2.45, 2.75) is 52.2 Å². The van der Waals surface area contributed by atoms with Crippen molar-refractivity contribution < 1.29 is 0 Å². The smallest absolute Gasteiger partial charge is 0.0291 e. The Bertz CT molecular complexity index is 433. The molecule has 1 aromatic rings. The summed E-state index contributed by atoms with van der Waals surface area (Å²) in [6.45, 7) is 10.9. The molecule has 0 saturated carbocycles. The Morgan fingerprint density at radius 3 is 2.32 bits per heavy atom. The number of rotatable bonds is 7. The van der Waals surface area contributed by atoms with E-state index in [1.165, 1.54) is 62.2 Å². The Morgan fingerprint density at radius 2 is 1.64 bits per heavy atom. The van der Waals surface area contributed by atoms with Gasteiger partial charge < -0.3 is 4.90 Å². The van der Waals surface area contributed by atoms with Gasteiger partial charge in [-0.1, -0.05) is 73.0 Å². The van der Waals surface area contributed by atoms with Crippen molar-refractivity contribution in [3.05, 3.63) is 35.4 Å². The number of likely N-dealkylation sites (tertiary alicyclic amines) is 1.